The van der Waals surface area contributed by atoms with Crippen LogP contribution in [-0.2, 0) is 28.2 Å². The van der Waals surface area contributed by atoms with Gasteiger partial charge in [-0.25, -0.2) is 9.37 Å². The average molecular weight is 441 g/mol. The first kappa shape index (κ1) is 22.1. The van der Waals surface area contributed by atoms with E-state index < -0.39 is 5.79 Å². The van der Waals surface area contributed by atoms with Crippen LogP contribution in [0.15, 0.2) is 61.2 Å². The van der Waals surface area contributed by atoms with Crippen molar-refractivity contribution in [2.75, 3.05) is 12.4 Å². The fourth-order valence-corrected chi connectivity index (χ4v) is 4.97. The Bertz CT molecular complexity index is 978. The predicted octanol–water partition coefficient (Wildman–Crippen LogP) is 5.32. The summed E-state index contributed by atoms with van der Waals surface area (Å²) in [6.07, 6.45) is 6.99. The number of rotatable bonds is 9. The molecule has 0 amide bonds. The molecule has 1 fully saturated rings. The number of imidazole rings is 1. The minimum Gasteiger partial charge on any atom is -0.345 e. The molecule has 1 aliphatic heterocycles. The molecule has 0 aliphatic carbocycles. The van der Waals surface area contributed by atoms with Gasteiger partial charge in [-0.2, -0.15) is 11.8 Å². The zero-order valence-electron chi connectivity index (χ0n) is 18.1. The van der Waals surface area contributed by atoms with Crippen molar-refractivity contribution in [1.29, 1.82) is 0 Å². The van der Waals surface area contributed by atoms with E-state index in [2.05, 4.69) is 37.0 Å². The van der Waals surface area contributed by atoms with Gasteiger partial charge in [0.25, 0.3) is 0 Å². The van der Waals surface area contributed by atoms with E-state index in [4.69, 9.17) is 9.47 Å². The van der Waals surface area contributed by atoms with Gasteiger partial charge in [0.15, 0.2) is 5.79 Å². The lowest BCUT2D eigenvalue weighted by Crippen LogP contribution is -2.37. The van der Waals surface area contributed by atoms with E-state index in [0.29, 0.717) is 19.6 Å². The molecule has 4 rings (SSSR count). The lowest BCUT2D eigenvalue weighted by molar-refractivity contribution is -0.180. The van der Waals surface area contributed by atoms with E-state index >= 15 is 0 Å². The summed E-state index contributed by atoms with van der Waals surface area (Å²) in [7, 11) is 0. The lowest BCUT2D eigenvalue weighted by atomic mass is 10.0. The third kappa shape index (κ3) is 5.97. The van der Waals surface area contributed by atoms with Gasteiger partial charge in [0, 0.05) is 30.3 Å². The number of halogens is 1. The molecule has 31 heavy (non-hydrogen) atoms. The normalized spacial score (nSPS) is 20.9. The summed E-state index contributed by atoms with van der Waals surface area (Å²) in [5, 5.41) is 0. The van der Waals surface area contributed by atoms with E-state index in [0.717, 1.165) is 23.5 Å². The minimum absolute atomic E-state index is 0.0480. The zero-order valence-corrected chi connectivity index (χ0v) is 18.9. The second-order valence-corrected chi connectivity index (χ2v) is 9.30. The van der Waals surface area contributed by atoms with Gasteiger partial charge < -0.3 is 14.0 Å². The topological polar surface area (TPSA) is 36.3 Å². The molecule has 3 aromatic rings. The molecule has 4 nitrogen and oxygen atoms in total. The van der Waals surface area contributed by atoms with Crippen LogP contribution in [0, 0.1) is 19.7 Å². The Kier molecular flexibility index (Phi) is 7.10. The van der Waals surface area contributed by atoms with Gasteiger partial charge in [0.1, 0.15) is 5.82 Å². The van der Waals surface area contributed by atoms with Gasteiger partial charge in [0.2, 0.25) is 0 Å². The lowest BCUT2D eigenvalue weighted by Gasteiger charge is -2.28. The fraction of sp³-hybridized carbons (Fsp3) is 0.400. The second-order valence-electron chi connectivity index (χ2n) is 8.27. The highest BCUT2D eigenvalue weighted by atomic mass is 32.2. The van der Waals surface area contributed by atoms with Gasteiger partial charge in [-0.3, -0.25) is 0 Å². The maximum absolute atomic E-state index is 13.2. The van der Waals surface area contributed by atoms with Crippen molar-refractivity contribution in [1.82, 2.24) is 9.55 Å². The number of thioether (sulfide) groups is 1. The van der Waals surface area contributed by atoms with Crippen LogP contribution < -0.4 is 0 Å². The molecular formula is C25H29FN2O2S. The molecule has 6 heteroatoms. The largest absolute Gasteiger partial charge is 0.345 e. The molecule has 2 heterocycles. The third-order valence-corrected chi connectivity index (χ3v) is 6.79. The van der Waals surface area contributed by atoms with Crippen LogP contribution in [0.1, 0.15) is 28.7 Å². The first-order chi connectivity index (χ1) is 15.0. The third-order valence-electron chi connectivity index (χ3n) is 5.67. The molecule has 1 aromatic heterocycles. The Labute approximate surface area is 187 Å². The minimum atomic E-state index is -0.695. The molecule has 2 aromatic carbocycles. The van der Waals surface area contributed by atoms with E-state index in [1.807, 2.05) is 34.7 Å². The van der Waals surface area contributed by atoms with Crippen molar-refractivity contribution >= 4 is 11.8 Å². The summed E-state index contributed by atoms with van der Waals surface area (Å²) in [5.41, 5.74) is 5.08. The number of aromatic nitrogens is 2. The van der Waals surface area contributed by atoms with Crippen LogP contribution in [0.4, 0.5) is 4.39 Å². The molecule has 1 aliphatic rings. The molecule has 0 saturated carbocycles. The summed E-state index contributed by atoms with van der Waals surface area (Å²) in [4.78, 5) is 4.15. The van der Waals surface area contributed by atoms with Crippen molar-refractivity contribution in [3.8, 4) is 0 Å². The summed E-state index contributed by atoms with van der Waals surface area (Å²) in [6.45, 7) is 5.47. The van der Waals surface area contributed by atoms with Gasteiger partial charge >= 0.3 is 0 Å². The predicted molar refractivity (Wildman–Crippen MR) is 123 cm³/mol. The number of nitrogens with zero attached hydrogens (tertiary/aromatic N) is 2. The Balaban J connectivity index is 1.36. The first-order valence-corrected chi connectivity index (χ1v) is 11.8. The SMILES string of the molecule is Cc1ccc(C)c(CSCC2COC(CCc3ccc(F)cc3)(Cn3ccnc3)O2)c1. The molecule has 0 bridgehead atoms. The van der Waals surface area contributed by atoms with Crippen molar-refractivity contribution in [2.24, 2.45) is 0 Å². The molecule has 0 spiro atoms. The van der Waals surface area contributed by atoms with Crippen LogP contribution in [0.3, 0.4) is 0 Å². The van der Waals surface area contributed by atoms with Crippen molar-refractivity contribution in [2.45, 2.75) is 50.9 Å². The van der Waals surface area contributed by atoms with E-state index in [-0.39, 0.29) is 11.9 Å². The van der Waals surface area contributed by atoms with Crippen LogP contribution in [0.5, 0.6) is 0 Å². The van der Waals surface area contributed by atoms with Crippen LogP contribution in [0.2, 0.25) is 0 Å². The maximum atomic E-state index is 13.2. The molecule has 2 atom stereocenters. The Morgan fingerprint density at radius 3 is 2.81 bits per heavy atom. The summed E-state index contributed by atoms with van der Waals surface area (Å²) in [5.74, 6) is 0.943. The van der Waals surface area contributed by atoms with Gasteiger partial charge in [0.05, 0.1) is 25.6 Å². The van der Waals surface area contributed by atoms with Gasteiger partial charge in [-0.05, 0) is 49.1 Å². The molecule has 164 valence electrons. The quantitative estimate of drug-likeness (QED) is 0.451. The molecular weight excluding hydrogens is 411 g/mol. The Morgan fingerprint density at radius 1 is 1.19 bits per heavy atom. The highest BCUT2D eigenvalue weighted by molar-refractivity contribution is 7.98. The Morgan fingerprint density at radius 2 is 2.03 bits per heavy atom. The smallest absolute Gasteiger partial charge is 0.187 e. The maximum Gasteiger partial charge on any atom is 0.187 e. The number of hydrogen-bond donors (Lipinski definition) is 0. The molecule has 0 radical (unpaired) electrons. The Hall–Kier alpha value is -2.15. The van der Waals surface area contributed by atoms with Gasteiger partial charge in [-0.1, -0.05) is 35.9 Å². The average Bonchev–Trinajstić information content (AvgIpc) is 3.41. The highest BCUT2D eigenvalue weighted by Gasteiger charge is 2.41. The standard InChI is InChI=1S/C25H29FN2O2S/c1-19-3-4-20(2)22(13-19)15-31-16-24-14-29-25(30-24,17-28-12-11-27-18-28)10-9-21-5-7-23(26)8-6-21/h3-8,11-13,18,24H,9-10,14-17H2,1-2H3. The molecule has 2 unspecified atom stereocenters. The highest BCUT2D eigenvalue weighted by Crippen LogP contribution is 2.33. The number of benzene rings is 2. The van der Waals surface area contributed by atoms with Crippen molar-refractivity contribution in [3.05, 3.63) is 89.3 Å². The first-order valence-electron chi connectivity index (χ1n) is 10.7. The van der Waals surface area contributed by atoms with Crippen LogP contribution in [0.25, 0.3) is 0 Å². The molecule has 1 saturated heterocycles. The van der Waals surface area contributed by atoms with Crippen LogP contribution >= 0.6 is 11.8 Å². The van der Waals surface area contributed by atoms with E-state index in [9.17, 15) is 4.39 Å². The zero-order chi connectivity index (χ0) is 21.7. The summed E-state index contributed by atoms with van der Waals surface area (Å²) < 4.78 is 28.0. The fourth-order valence-electron chi connectivity index (χ4n) is 3.89. The summed E-state index contributed by atoms with van der Waals surface area (Å²) >= 11 is 1.89. The van der Waals surface area contributed by atoms with E-state index in [1.165, 1.54) is 28.8 Å². The second kappa shape index (κ2) is 9.98. The van der Waals surface area contributed by atoms with E-state index in [1.54, 1.807) is 12.5 Å². The van der Waals surface area contributed by atoms with Crippen molar-refractivity contribution < 1.29 is 13.9 Å². The molecule has 0 N–H and O–H groups in total. The number of aryl methyl sites for hydroxylation is 3. The monoisotopic (exact) mass is 440 g/mol. The van der Waals surface area contributed by atoms with Gasteiger partial charge in [-0.15, -0.1) is 0 Å². The number of ether oxygens (including phenoxy) is 2. The van der Waals surface area contributed by atoms with Crippen molar-refractivity contribution in [3.63, 3.8) is 0 Å². The summed E-state index contributed by atoms with van der Waals surface area (Å²) in [6, 6.07) is 13.3. The number of hydrogen-bond acceptors (Lipinski definition) is 4. The van der Waals surface area contributed by atoms with Crippen LogP contribution in [-0.4, -0.2) is 33.8 Å².